The van der Waals surface area contributed by atoms with Crippen LogP contribution in [0.1, 0.15) is 19.4 Å². The van der Waals surface area contributed by atoms with Gasteiger partial charge in [0.1, 0.15) is 0 Å². The monoisotopic (exact) mass is 338 g/mol. The maximum Gasteiger partial charge on any atom is 0.333 e. The van der Waals surface area contributed by atoms with Crippen LogP contribution in [0.2, 0.25) is 0 Å². The third-order valence-corrected chi connectivity index (χ3v) is 4.38. The van der Waals surface area contributed by atoms with E-state index in [2.05, 4.69) is 10.1 Å². The standard InChI is InChI=1S/C16H14F4N4/c17-15(18)24-8-11(6-22-24)12-9-23(7-10-4-16(19,20)5-10)13-2-1-3-21-14(12)13/h1-3,6,8-10,15H,4-5,7H2. The maximum atomic E-state index is 13.0. The Morgan fingerprint density at radius 1 is 1.25 bits per heavy atom. The Morgan fingerprint density at radius 2 is 2.04 bits per heavy atom. The summed E-state index contributed by atoms with van der Waals surface area (Å²) in [7, 11) is 0. The number of fused-ring (bicyclic) bond motifs is 1. The summed E-state index contributed by atoms with van der Waals surface area (Å²) in [6.45, 7) is -2.25. The van der Waals surface area contributed by atoms with E-state index in [4.69, 9.17) is 0 Å². The van der Waals surface area contributed by atoms with Gasteiger partial charge in [-0.05, 0) is 18.1 Å². The zero-order valence-corrected chi connectivity index (χ0v) is 12.5. The molecule has 0 aliphatic heterocycles. The van der Waals surface area contributed by atoms with Gasteiger partial charge in [0.25, 0.3) is 0 Å². The molecule has 1 aliphatic carbocycles. The largest absolute Gasteiger partial charge is 0.345 e. The predicted molar refractivity (Wildman–Crippen MR) is 79.9 cm³/mol. The number of hydrogen-bond donors (Lipinski definition) is 0. The van der Waals surface area contributed by atoms with Gasteiger partial charge in [0.15, 0.2) is 0 Å². The molecule has 126 valence electrons. The molecule has 3 heterocycles. The van der Waals surface area contributed by atoms with Crippen LogP contribution in [0.4, 0.5) is 17.6 Å². The predicted octanol–water partition coefficient (Wildman–Crippen LogP) is 4.34. The van der Waals surface area contributed by atoms with E-state index >= 15 is 0 Å². The lowest BCUT2D eigenvalue weighted by Gasteiger charge is -2.35. The Hall–Kier alpha value is -2.38. The first-order valence-electron chi connectivity index (χ1n) is 7.57. The van der Waals surface area contributed by atoms with Crippen LogP contribution in [0.15, 0.2) is 36.9 Å². The Morgan fingerprint density at radius 3 is 2.71 bits per heavy atom. The highest BCUT2D eigenvalue weighted by molar-refractivity contribution is 5.92. The summed E-state index contributed by atoms with van der Waals surface area (Å²) in [5.41, 5.74) is 2.64. The van der Waals surface area contributed by atoms with Crippen molar-refractivity contribution in [2.75, 3.05) is 0 Å². The molecule has 0 aromatic carbocycles. The van der Waals surface area contributed by atoms with Crippen molar-refractivity contribution in [2.24, 2.45) is 5.92 Å². The van der Waals surface area contributed by atoms with Crippen molar-refractivity contribution in [3.05, 3.63) is 36.9 Å². The van der Waals surface area contributed by atoms with E-state index < -0.39 is 12.5 Å². The average Bonchev–Trinajstić information content (AvgIpc) is 3.11. The Kier molecular flexibility index (Phi) is 3.36. The van der Waals surface area contributed by atoms with E-state index in [0.29, 0.717) is 27.9 Å². The van der Waals surface area contributed by atoms with Gasteiger partial charge in [-0.25, -0.2) is 13.5 Å². The number of nitrogens with zero attached hydrogens (tertiary/aromatic N) is 4. The fraction of sp³-hybridized carbons (Fsp3) is 0.375. The molecule has 0 unspecified atom stereocenters. The molecule has 0 amide bonds. The second kappa shape index (κ2) is 5.32. The molecule has 0 atom stereocenters. The van der Waals surface area contributed by atoms with Gasteiger partial charge in [0.05, 0.1) is 17.2 Å². The molecule has 24 heavy (non-hydrogen) atoms. The van der Waals surface area contributed by atoms with Crippen molar-refractivity contribution in [3.8, 4) is 11.1 Å². The van der Waals surface area contributed by atoms with Gasteiger partial charge >= 0.3 is 6.55 Å². The molecule has 0 spiro atoms. The summed E-state index contributed by atoms with van der Waals surface area (Å²) < 4.78 is 54.0. The number of rotatable bonds is 4. The molecule has 8 heteroatoms. The first-order chi connectivity index (χ1) is 11.4. The SMILES string of the molecule is FC(F)n1cc(-c2cn(CC3CC(F)(F)C3)c3cccnc23)cn1. The number of alkyl halides is 4. The highest BCUT2D eigenvalue weighted by Gasteiger charge is 2.45. The normalized spacial score (nSPS) is 17.5. The van der Waals surface area contributed by atoms with Crippen molar-refractivity contribution < 1.29 is 17.6 Å². The molecule has 1 aliphatic rings. The molecular weight excluding hydrogens is 324 g/mol. The Labute approximate surface area is 134 Å². The minimum Gasteiger partial charge on any atom is -0.345 e. The number of halogens is 4. The fourth-order valence-corrected chi connectivity index (χ4v) is 3.26. The zero-order chi connectivity index (χ0) is 16.9. The van der Waals surface area contributed by atoms with Crippen molar-refractivity contribution in [2.45, 2.75) is 31.9 Å². The van der Waals surface area contributed by atoms with Gasteiger partial charge in [0.2, 0.25) is 5.92 Å². The van der Waals surface area contributed by atoms with Crippen LogP contribution in [-0.4, -0.2) is 25.3 Å². The van der Waals surface area contributed by atoms with E-state index in [0.717, 1.165) is 5.52 Å². The van der Waals surface area contributed by atoms with Crippen molar-refractivity contribution in [1.82, 2.24) is 19.3 Å². The van der Waals surface area contributed by atoms with Crippen molar-refractivity contribution in [3.63, 3.8) is 0 Å². The van der Waals surface area contributed by atoms with Gasteiger partial charge in [0, 0.05) is 49.1 Å². The first-order valence-corrected chi connectivity index (χ1v) is 7.57. The van der Waals surface area contributed by atoms with Gasteiger partial charge in [-0.2, -0.15) is 13.9 Å². The van der Waals surface area contributed by atoms with Gasteiger partial charge < -0.3 is 4.57 Å². The Bertz CT molecular complexity index is 875. The summed E-state index contributed by atoms with van der Waals surface area (Å²) in [6, 6.07) is 3.61. The molecular formula is C16H14F4N4. The average molecular weight is 338 g/mol. The second-order valence-electron chi connectivity index (χ2n) is 6.18. The summed E-state index contributed by atoms with van der Waals surface area (Å²) >= 11 is 0. The van der Waals surface area contributed by atoms with Crippen molar-refractivity contribution in [1.29, 1.82) is 0 Å². The second-order valence-corrected chi connectivity index (χ2v) is 6.18. The summed E-state index contributed by atoms with van der Waals surface area (Å²) in [5.74, 6) is -2.65. The fourth-order valence-electron chi connectivity index (χ4n) is 3.26. The number of pyridine rings is 1. The lowest BCUT2D eigenvalue weighted by molar-refractivity contribution is -0.113. The van der Waals surface area contributed by atoms with E-state index in [9.17, 15) is 17.6 Å². The summed E-state index contributed by atoms with van der Waals surface area (Å²) in [6.07, 6.45) is 5.77. The van der Waals surface area contributed by atoms with Crippen LogP contribution >= 0.6 is 0 Å². The molecule has 0 radical (unpaired) electrons. The Balaban J connectivity index is 1.71. The molecule has 0 bridgehead atoms. The highest BCUT2D eigenvalue weighted by Crippen LogP contribution is 2.43. The minimum atomic E-state index is -2.71. The molecule has 4 rings (SSSR count). The van der Waals surface area contributed by atoms with E-state index in [1.165, 1.54) is 12.4 Å². The van der Waals surface area contributed by atoms with E-state index in [-0.39, 0.29) is 18.8 Å². The molecule has 1 saturated carbocycles. The summed E-state index contributed by atoms with van der Waals surface area (Å²) in [5, 5.41) is 3.65. The molecule has 0 N–H and O–H groups in total. The van der Waals surface area contributed by atoms with Gasteiger partial charge in [-0.3, -0.25) is 4.98 Å². The lowest BCUT2D eigenvalue weighted by Crippen LogP contribution is -2.37. The molecule has 0 saturated heterocycles. The maximum absolute atomic E-state index is 13.0. The minimum absolute atomic E-state index is 0.0903. The van der Waals surface area contributed by atoms with Gasteiger partial charge in [-0.1, -0.05) is 0 Å². The van der Waals surface area contributed by atoms with Crippen LogP contribution in [0.25, 0.3) is 22.2 Å². The third-order valence-electron chi connectivity index (χ3n) is 4.38. The summed E-state index contributed by atoms with van der Waals surface area (Å²) in [4.78, 5) is 4.32. The van der Waals surface area contributed by atoms with Crippen LogP contribution < -0.4 is 0 Å². The molecule has 3 aromatic rings. The van der Waals surface area contributed by atoms with E-state index in [1.807, 2.05) is 10.6 Å². The number of hydrogen-bond acceptors (Lipinski definition) is 2. The van der Waals surface area contributed by atoms with Crippen LogP contribution in [-0.2, 0) is 6.54 Å². The quantitative estimate of drug-likeness (QED) is 0.664. The zero-order valence-electron chi connectivity index (χ0n) is 12.5. The van der Waals surface area contributed by atoms with Gasteiger partial charge in [-0.15, -0.1) is 0 Å². The molecule has 1 fully saturated rings. The first kappa shape index (κ1) is 15.2. The lowest BCUT2D eigenvalue weighted by atomic mass is 9.81. The topological polar surface area (TPSA) is 35.6 Å². The highest BCUT2D eigenvalue weighted by atomic mass is 19.3. The van der Waals surface area contributed by atoms with Crippen molar-refractivity contribution >= 4 is 11.0 Å². The number of aromatic nitrogens is 4. The van der Waals surface area contributed by atoms with Crippen LogP contribution in [0.3, 0.4) is 0 Å². The molecule has 3 aromatic heterocycles. The van der Waals surface area contributed by atoms with Crippen LogP contribution in [0, 0.1) is 5.92 Å². The third kappa shape index (κ3) is 2.55. The van der Waals surface area contributed by atoms with E-state index in [1.54, 1.807) is 18.5 Å². The van der Waals surface area contributed by atoms with Crippen LogP contribution in [0.5, 0.6) is 0 Å². The molecule has 4 nitrogen and oxygen atoms in total. The smallest absolute Gasteiger partial charge is 0.333 e.